The summed E-state index contributed by atoms with van der Waals surface area (Å²) in [5, 5.41) is 2.74. The maximum absolute atomic E-state index is 13.1. The molecule has 0 fully saturated rings. The molecule has 0 bridgehead atoms. The molecule has 1 aromatic carbocycles. The Morgan fingerprint density at radius 3 is 2.67 bits per heavy atom. The molecule has 0 radical (unpaired) electrons. The van der Waals surface area contributed by atoms with E-state index in [-0.39, 0.29) is 11.7 Å². The Morgan fingerprint density at radius 2 is 1.97 bits per heavy atom. The van der Waals surface area contributed by atoms with Gasteiger partial charge in [0.05, 0.1) is 11.4 Å². The molecule has 0 atom stereocenters. The van der Waals surface area contributed by atoms with Crippen LogP contribution in [0, 0.1) is 12.7 Å². The van der Waals surface area contributed by atoms with Gasteiger partial charge in [-0.05, 0) is 55.8 Å². The molecule has 30 heavy (non-hydrogen) atoms. The van der Waals surface area contributed by atoms with Gasteiger partial charge in [-0.15, -0.1) is 0 Å². The van der Waals surface area contributed by atoms with Crippen molar-refractivity contribution in [3.63, 3.8) is 0 Å². The molecule has 0 aliphatic rings. The molecule has 4 aromatic rings. The summed E-state index contributed by atoms with van der Waals surface area (Å²) < 4.78 is 21.0. The van der Waals surface area contributed by atoms with E-state index in [0.717, 1.165) is 22.5 Å². The number of hydrogen-bond donors (Lipinski definition) is 1. The van der Waals surface area contributed by atoms with Crippen LogP contribution in [0.4, 0.5) is 4.39 Å². The van der Waals surface area contributed by atoms with E-state index in [2.05, 4.69) is 15.3 Å². The molecule has 0 saturated carbocycles. The van der Waals surface area contributed by atoms with E-state index in [1.807, 2.05) is 42.6 Å². The second-order valence-electron chi connectivity index (χ2n) is 6.82. The van der Waals surface area contributed by atoms with Crippen molar-refractivity contribution < 1.29 is 13.9 Å². The van der Waals surface area contributed by atoms with Crippen LogP contribution in [-0.2, 0) is 6.61 Å². The maximum atomic E-state index is 13.1. The van der Waals surface area contributed by atoms with Crippen molar-refractivity contribution in [3.05, 3.63) is 83.7 Å². The molecule has 3 aromatic heterocycles. The van der Waals surface area contributed by atoms with Crippen molar-refractivity contribution in [2.24, 2.45) is 0 Å². The molecule has 1 N–H and O–H groups in total. The number of hydrogen-bond acceptors (Lipinski definition) is 4. The summed E-state index contributed by atoms with van der Waals surface area (Å²) in [5.74, 6) is 0.152. The fraction of sp³-hybridized carbons (Fsp3) is 0.174. The monoisotopic (exact) mass is 404 g/mol. The molecule has 0 aliphatic heterocycles. The highest BCUT2D eigenvalue weighted by Gasteiger charge is 2.15. The molecule has 0 spiro atoms. The Morgan fingerprint density at radius 1 is 1.17 bits per heavy atom. The fourth-order valence-corrected chi connectivity index (χ4v) is 3.28. The van der Waals surface area contributed by atoms with E-state index in [9.17, 15) is 9.18 Å². The number of aryl methyl sites for hydroxylation is 1. The van der Waals surface area contributed by atoms with Crippen LogP contribution in [0.25, 0.3) is 16.9 Å². The predicted octanol–water partition coefficient (Wildman–Crippen LogP) is 4.17. The molecular weight excluding hydrogens is 383 g/mol. The minimum Gasteiger partial charge on any atom is -0.485 e. The number of aromatic nitrogens is 3. The summed E-state index contributed by atoms with van der Waals surface area (Å²) in [4.78, 5) is 20.9. The van der Waals surface area contributed by atoms with E-state index < -0.39 is 0 Å². The van der Waals surface area contributed by atoms with Gasteiger partial charge in [0.1, 0.15) is 18.1 Å². The van der Waals surface area contributed by atoms with Gasteiger partial charge in [0.25, 0.3) is 5.91 Å². The number of carbonyl (C=O) groups is 1. The Kier molecular flexibility index (Phi) is 5.43. The van der Waals surface area contributed by atoms with Gasteiger partial charge in [0.2, 0.25) is 0 Å². The summed E-state index contributed by atoms with van der Waals surface area (Å²) in [6, 6.07) is 13.5. The minimum atomic E-state index is -0.277. The number of amides is 1. The first-order valence-corrected chi connectivity index (χ1v) is 9.66. The van der Waals surface area contributed by atoms with E-state index in [1.54, 1.807) is 24.4 Å². The Hall–Kier alpha value is -3.74. The average molecular weight is 404 g/mol. The molecule has 0 unspecified atom stereocenters. The number of carbonyl (C=O) groups excluding carboxylic acids is 1. The number of ether oxygens (including phenoxy) is 1. The lowest BCUT2D eigenvalue weighted by Crippen LogP contribution is -2.23. The zero-order chi connectivity index (χ0) is 21.1. The van der Waals surface area contributed by atoms with Gasteiger partial charge >= 0.3 is 0 Å². The van der Waals surface area contributed by atoms with Gasteiger partial charge in [0.15, 0.2) is 11.4 Å². The number of benzene rings is 1. The van der Waals surface area contributed by atoms with Crippen LogP contribution in [0.15, 0.2) is 60.9 Å². The lowest BCUT2D eigenvalue weighted by molar-refractivity contribution is 0.0951. The van der Waals surface area contributed by atoms with Crippen molar-refractivity contribution in [2.75, 3.05) is 6.54 Å². The van der Waals surface area contributed by atoms with Crippen LogP contribution in [0.2, 0.25) is 0 Å². The smallest absolute Gasteiger partial charge is 0.269 e. The first-order valence-electron chi connectivity index (χ1n) is 9.66. The lowest BCUT2D eigenvalue weighted by Gasteiger charge is -2.09. The first-order chi connectivity index (χ1) is 14.6. The second-order valence-corrected chi connectivity index (χ2v) is 6.82. The van der Waals surface area contributed by atoms with Gasteiger partial charge in [0, 0.05) is 24.5 Å². The van der Waals surface area contributed by atoms with E-state index in [4.69, 9.17) is 4.74 Å². The maximum Gasteiger partial charge on any atom is 0.269 e. The highest BCUT2D eigenvalue weighted by molar-refractivity contribution is 5.92. The van der Waals surface area contributed by atoms with Crippen molar-refractivity contribution >= 4 is 11.6 Å². The van der Waals surface area contributed by atoms with Crippen molar-refractivity contribution in [3.8, 4) is 17.0 Å². The molecular formula is C23H21FN4O2. The van der Waals surface area contributed by atoms with Crippen LogP contribution in [0.5, 0.6) is 5.75 Å². The van der Waals surface area contributed by atoms with Crippen molar-refractivity contribution in [1.29, 1.82) is 0 Å². The summed E-state index contributed by atoms with van der Waals surface area (Å²) in [6.07, 6.45) is 3.58. The SMILES string of the molecule is CCNC(=O)c1ccc(-c2c(C)nc3c(OCc4ccc(F)cc4)cccn23)cn1. The van der Waals surface area contributed by atoms with E-state index in [0.29, 0.717) is 30.2 Å². The molecule has 4 rings (SSSR count). The predicted molar refractivity (Wildman–Crippen MR) is 112 cm³/mol. The van der Waals surface area contributed by atoms with Crippen LogP contribution in [-0.4, -0.2) is 26.8 Å². The van der Waals surface area contributed by atoms with Gasteiger partial charge in [-0.25, -0.2) is 9.37 Å². The number of rotatable bonds is 6. The topological polar surface area (TPSA) is 68.5 Å². The molecule has 152 valence electrons. The number of pyridine rings is 2. The fourth-order valence-electron chi connectivity index (χ4n) is 3.28. The Balaban J connectivity index is 1.64. The van der Waals surface area contributed by atoms with Gasteiger partial charge in [-0.2, -0.15) is 0 Å². The van der Waals surface area contributed by atoms with Crippen molar-refractivity contribution in [1.82, 2.24) is 19.7 Å². The van der Waals surface area contributed by atoms with Crippen LogP contribution < -0.4 is 10.1 Å². The number of fused-ring (bicyclic) bond motifs is 1. The third kappa shape index (κ3) is 3.87. The molecule has 0 saturated heterocycles. The highest BCUT2D eigenvalue weighted by atomic mass is 19.1. The van der Waals surface area contributed by atoms with Gasteiger partial charge in [-0.3, -0.25) is 14.2 Å². The zero-order valence-electron chi connectivity index (χ0n) is 16.7. The third-order valence-corrected chi connectivity index (χ3v) is 4.70. The summed E-state index contributed by atoms with van der Waals surface area (Å²) >= 11 is 0. The van der Waals surface area contributed by atoms with Crippen LogP contribution in [0.3, 0.4) is 0 Å². The van der Waals surface area contributed by atoms with E-state index >= 15 is 0 Å². The summed E-state index contributed by atoms with van der Waals surface area (Å²) in [5.41, 5.74) is 4.47. The Bertz CT molecular complexity index is 1180. The van der Waals surface area contributed by atoms with Crippen LogP contribution in [0.1, 0.15) is 28.7 Å². The third-order valence-electron chi connectivity index (χ3n) is 4.70. The van der Waals surface area contributed by atoms with Gasteiger partial charge in [-0.1, -0.05) is 12.1 Å². The Labute approximate surface area is 173 Å². The normalized spacial score (nSPS) is 10.9. The number of imidazole rings is 1. The molecule has 0 aliphatic carbocycles. The summed E-state index contributed by atoms with van der Waals surface area (Å²) in [6.45, 7) is 4.65. The first kappa shape index (κ1) is 19.6. The molecule has 1 amide bonds. The molecule has 7 heteroatoms. The van der Waals surface area contributed by atoms with Crippen LogP contribution >= 0.6 is 0 Å². The average Bonchev–Trinajstić information content (AvgIpc) is 3.10. The van der Waals surface area contributed by atoms with E-state index in [1.165, 1.54) is 12.1 Å². The highest BCUT2D eigenvalue weighted by Crippen LogP contribution is 2.29. The molecule has 6 nitrogen and oxygen atoms in total. The largest absolute Gasteiger partial charge is 0.485 e. The standard InChI is InChI=1S/C23H21FN4O2/c1-3-25-23(29)19-11-8-17(13-26-19)21-15(2)27-22-20(5-4-12-28(21)22)30-14-16-6-9-18(24)10-7-16/h4-13H,3,14H2,1-2H3,(H,25,29). The zero-order valence-corrected chi connectivity index (χ0v) is 16.7. The summed E-state index contributed by atoms with van der Waals surface area (Å²) in [7, 11) is 0. The molecule has 3 heterocycles. The number of halogens is 1. The quantitative estimate of drug-likeness (QED) is 0.524. The van der Waals surface area contributed by atoms with Crippen molar-refractivity contribution in [2.45, 2.75) is 20.5 Å². The lowest BCUT2D eigenvalue weighted by atomic mass is 10.1. The number of nitrogens with zero attached hydrogens (tertiary/aromatic N) is 3. The van der Waals surface area contributed by atoms with Gasteiger partial charge < -0.3 is 10.1 Å². The minimum absolute atomic E-state index is 0.199. The second kappa shape index (κ2) is 8.32. The number of nitrogens with one attached hydrogen (secondary N) is 1.